The third kappa shape index (κ3) is 3.17. The molecule has 0 aliphatic carbocycles. The second-order valence-electron chi connectivity index (χ2n) is 5.67. The average molecular weight is 322 g/mol. The fraction of sp³-hybridized carbons (Fsp3) is 0.500. The molecular formula is C14H18N4O3S. The summed E-state index contributed by atoms with van der Waals surface area (Å²) in [5.41, 5.74) is 1.82. The van der Waals surface area contributed by atoms with Crippen LogP contribution in [0.5, 0.6) is 0 Å². The van der Waals surface area contributed by atoms with E-state index in [0.717, 1.165) is 24.0 Å². The summed E-state index contributed by atoms with van der Waals surface area (Å²) in [5, 5.41) is 4.00. The minimum atomic E-state index is -3.18. The molecule has 1 unspecified atom stereocenters. The molecule has 8 heteroatoms. The summed E-state index contributed by atoms with van der Waals surface area (Å²) < 4.78 is 30.2. The first kappa shape index (κ1) is 15.1. The van der Waals surface area contributed by atoms with Gasteiger partial charge in [0.25, 0.3) is 0 Å². The standard InChI is InChI=1S/C14H18N4O3S/c1-10-6-12(8-15-7-10)13-16-14(21-17-13)11-4-3-5-18(9-11)22(2,19)20/h6-8,11H,3-5,9H2,1-2H3. The number of aryl methyl sites for hydroxylation is 1. The second-order valence-corrected chi connectivity index (χ2v) is 7.65. The van der Waals surface area contributed by atoms with Crippen molar-refractivity contribution in [1.82, 2.24) is 19.4 Å². The lowest BCUT2D eigenvalue weighted by Crippen LogP contribution is -2.38. The van der Waals surface area contributed by atoms with E-state index in [4.69, 9.17) is 4.52 Å². The molecule has 2 aromatic rings. The van der Waals surface area contributed by atoms with Gasteiger partial charge in [0, 0.05) is 31.0 Å². The SMILES string of the molecule is Cc1cncc(-c2noc(C3CCCN(S(C)(=O)=O)C3)n2)c1. The maximum absolute atomic E-state index is 11.7. The van der Waals surface area contributed by atoms with Crippen LogP contribution in [0.15, 0.2) is 23.0 Å². The van der Waals surface area contributed by atoms with E-state index in [9.17, 15) is 8.42 Å². The molecule has 1 aliphatic heterocycles. The van der Waals surface area contributed by atoms with E-state index in [0.29, 0.717) is 24.8 Å². The van der Waals surface area contributed by atoms with E-state index in [1.54, 1.807) is 12.4 Å². The van der Waals surface area contributed by atoms with Gasteiger partial charge in [0.2, 0.25) is 21.7 Å². The normalized spacial score (nSPS) is 20.2. The van der Waals surface area contributed by atoms with Gasteiger partial charge in [-0.2, -0.15) is 4.98 Å². The number of nitrogens with zero attached hydrogens (tertiary/aromatic N) is 4. The summed E-state index contributed by atoms with van der Waals surface area (Å²) in [4.78, 5) is 8.54. The number of hydrogen-bond acceptors (Lipinski definition) is 6. The van der Waals surface area contributed by atoms with Crippen molar-refractivity contribution in [3.05, 3.63) is 29.9 Å². The summed E-state index contributed by atoms with van der Waals surface area (Å²) in [6.07, 6.45) is 6.31. The van der Waals surface area contributed by atoms with Gasteiger partial charge in [-0.15, -0.1) is 0 Å². The molecule has 1 atom stereocenters. The van der Waals surface area contributed by atoms with E-state index < -0.39 is 10.0 Å². The second kappa shape index (κ2) is 5.77. The Morgan fingerprint density at radius 3 is 2.91 bits per heavy atom. The monoisotopic (exact) mass is 322 g/mol. The van der Waals surface area contributed by atoms with E-state index in [1.165, 1.54) is 10.6 Å². The van der Waals surface area contributed by atoms with E-state index in [1.807, 2.05) is 13.0 Å². The van der Waals surface area contributed by atoms with Crippen LogP contribution in [0.4, 0.5) is 0 Å². The molecule has 0 aromatic carbocycles. The number of rotatable bonds is 3. The Morgan fingerprint density at radius 2 is 2.18 bits per heavy atom. The van der Waals surface area contributed by atoms with Crippen molar-refractivity contribution < 1.29 is 12.9 Å². The fourth-order valence-electron chi connectivity index (χ4n) is 2.64. The molecule has 1 saturated heterocycles. The largest absolute Gasteiger partial charge is 0.339 e. The van der Waals surface area contributed by atoms with Crippen molar-refractivity contribution >= 4 is 10.0 Å². The number of pyridine rings is 1. The van der Waals surface area contributed by atoms with Crippen LogP contribution in [0, 0.1) is 6.92 Å². The van der Waals surface area contributed by atoms with Gasteiger partial charge in [-0.25, -0.2) is 12.7 Å². The Balaban J connectivity index is 1.82. The van der Waals surface area contributed by atoms with Crippen molar-refractivity contribution in [2.24, 2.45) is 0 Å². The van der Waals surface area contributed by atoms with Crippen molar-refractivity contribution in [2.75, 3.05) is 19.3 Å². The molecule has 7 nitrogen and oxygen atoms in total. The summed E-state index contributed by atoms with van der Waals surface area (Å²) in [7, 11) is -3.18. The Bertz CT molecular complexity index is 772. The first-order chi connectivity index (χ1) is 10.4. The number of hydrogen-bond donors (Lipinski definition) is 0. The molecule has 1 aliphatic rings. The van der Waals surface area contributed by atoms with E-state index in [-0.39, 0.29) is 5.92 Å². The maximum Gasteiger partial charge on any atom is 0.231 e. The van der Waals surface area contributed by atoms with Crippen LogP contribution < -0.4 is 0 Å². The van der Waals surface area contributed by atoms with Crippen LogP contribution in [0.1, 0.15) is 30.2 Å². The molecule has 0 spiro atoms. The van der Waals surface area contributed by atoms with Crippen LogP contribution in [0.25, 0.3) is 11.4 Å². The van der Waals surface area contributed by atoms with Crippen molar-refractivity contribution in [2.45, 2.75) is 25.7 Å². The van der Waals surface area contributed by atoms with E-state index >= 15 is 0 Å². The summed E-state index contributed by atoms with van der Waals surface area (Å²) >= 11 is 0. The predicted octanol–water partition coefficient (Wildman–Crippen LogP) is 1.58. The van der Waals surface area contributed by atoms with Gasteiger partial charge in [-0.3, -0.25) is 4.98 Å². The number of piperidine rings is 1. The van der Waals surface area contributed by atoms with Gasteiger partial charge in [0.15, 0.2) is 0 Å². The quantitative estimate of drug-likeness (QED) is 0.852. The van der Waals surface area contributed by atoms with Crippen LogP contribution >= 0.6 is 0 Å². The highest BCUT2D eigenvalue weighted by atomic mass is 32.2. The molecule has 118 valence electrons. The Kier molecular flexibility index (Phi) is 3.96. The molecule has 1 fully saturated rings. The number of aromatic nitrogens is 3. The molecule has 0 amide bonds. The van der Waals surface area contributed by atoms with Gasteiger partial charge in [-0.1, -0.05) is 5.16 Å². The third-order valence-electron chi connectivity index (χ3n) is 3.78. The zero-order valence-electron chi connectivity index (χ0n) is 12.6. The summed E-state index contributed by atoms with van der Waals surface area (Å²) in [6, 6.07) is 1.94. The molecule has 3 rings (SSSR count). The fourth-order valence-corrected chi connectivity index (χ4v) is 3.55. The van der Waals surface area contributed by atoms with Crippen molar-refractivity contribution in [1.29, 1.82) is 0 Å². The average Bonchev–Trinajstić information content (AvgIpc) is 2.96. The zero-order chi connectivity index (χ0) is 15.7. The Morgan fingerprint density at radius 1 is 1.36 bits per heavy atom. The highest BCUT2D eigenvalue weighted by molar-refractivity contribution is 7.88. The zero-order valence-corrected chi connectivity index (χ0v) is 13.4. The predicted molar refractivity (Wildman–Crippen MR) is 80.7 cm³/mol. The van der Waals surface area contributed by atoms with Crippen molar-refractivity contribution in [3.63, 3.8) is 0 Å². The van der Waals surface area contributed by atoms with Crippen LogP contribution in [0.2, 0.25) is 0 Å². The molecule has 0 saturated carbocycles. The highest BCUT2D eigenvalue weighted by Crippen LogP contribution is 2.28. The Labute approximate surface area is 129 Å². The minimum absolute atomic E-state index is 0.0532. The molecule has 22 heavy (non-hydrogen) atoms. The smallest absolute Gasteiger partial charge is 0.231 e. The lowest BCUT2D eigenvalue weighted by atomic mass is 10.00. The lowest BCUT2D eigenvalue weighted by molar-refractivity contribution is 0.266. The topological polar surface area (TPSA) is 89.2 Å². The van der Waals surface area contributed by atoms with Crippen LogP contribution in [-0.2, 0) is 10.0 Å². The van der Waals surface area contributed by atoms with Gasteiger partial charge in [0.1, 0.15) is 0 Å². The minimum Gasteiger partial charge on any atom is -0.339 e. The van der Waals surface area contributed by atoms with Gasteiger partial charge in [0.05, 0.1) is 12.2 Å². The van der Waals surface area contributed by atoms with Gasteiger partial charge < -0.3 is 4.52 Å². The highest BCUT2D eigenvalue weighted by Gasteiger charge is 2.30. The lowest BCUT2D eigenvalue weighted by Gasteiger charge is -2.28. The van der Waals surface area contributed by atoms with E-state index in [2.05, 4.69) is 15.1 Å². The first-order valence-electron chi connectivity index (χ1n) is 7.14. The molecule has 0 N–H and O–H groups in total. The summed E-state index contributed by atoms with van der Waals surface area (Å²) in [5.74, 6) is 0.926. The van der Waals surface area contributed by atoms with Crippen LogP contribution in [-0.4, -0.2) is 47.2 Å². The molecule has 2 aromatic heterocycles. The van der Waals surface area contributed by atoms with Gasteiger partial charge in [-0.05, 0) is 31.4 Å². The van der Waals surface area contributed by atoms with Crippen molar-refractivity contribution in [3.8, 4) is 11.4 Å². The first-order valence-corrected chi connectivity index (χ1v) is 8.99. The molecular weight excluding hydrogens is 304 g/mol. The van der Waals surface area contributed by atoms with Crippen LogP contribution in [0.3, 0.4) is 0 Å². The maximum atomic E-state index is 11.7. The third-order valence-corrected chi connectivity index (χ3v) is 5.05. The molecule has 0 radical (unpaired) electrons. The van der Waals surface area contributed by atoms with Gasteiger partial charge >= 0.3 is 0 Å². The molecule has 3 heterocycles. The summed E-state index contributed by atoms with van der Waals surface area (Å²) in [6.45, 7) is 2.90. The molecule has 0 bridgehead atoms. The Hall–Kier alpha value is -1.80. The number of sulfonamides is 1.